The lowest BCUT2D eigenvalue weighted by Crippen LogP contribution is -2.14. The zero-order valence-corrected chi connectivity index (χ0v) is 19.9. The second kappa shape index (κ2) is 11.4. The van der Waals surface area contributed by atoms with E-state index in [4.69, 9.17) is 33.0 Å². The predicted octanol–water partition coefficient (Wildman–Crippen LogP) is 7.14. The maximum Gasteiger partial charge on any atom is 0.335 e. The highest BCUT2D eigenvalue weighted by Gasteiger charge is 2.11. The quantitative estimate of drug-likeness (QED) is 0.269. The van der Waals surface area contributed by atoms with Gasteiger partial charge in [-0.2, -0.15) is 0 Å². The molecule has 0 atom stereocenters. The molecule has 170 valence electrons. The first-order valence-corrected chi connectivity index (χ1v) is 10.9. The standard InChI is InChI=1S/C26H21Cl2NO3.ClH/c27-21-11-9-20(24(28)13-21)16-32-25-12-10-18-3-1-2-4-22(18)23(25)15-29-14-17-5-7-19(8-6-17)26(30)31;/h1-13,29H,14-16H2,(H,30,31);1H. The maximum atomic E-state index is 11.0. The molecule has 0 aliphatic heterocycles. The maximum absolute atomic E-state index is 11.0. The second-order valence-electron chi connectivity index (χ2n) is 7.39. The molecule has 4 rings (SSSR count). The molecule has 7 heteroatoms. The zero-order chi connectivity index (χ0) is 22.5. The van der Waals surface area contributed by atoms with Crippen LogP contribution in [0.2, 0.25) is 10.0 Å². The van der Waals surface area contributed by atoms with E-state index in [0.29, 0.717) is 29.7 Å². The minimum Gasteiger partial charge on any atom is -0.488 e. The topological polar surface area (TPSA) is 58.6 Å². The van der Waals surface area contributed by atoms with Crippen molar-refractivity contribution in [2.75, 3.05) is 0 Å². The molecule has 0 saturated carbocycles. The lowest BCUT2D eigenvalue weighted by Gasteiger charge is -2.16. The molecule has 0 fully saturated rings. The monoisotopic (exact) mass is 501 g/mol. The average molecular weight is 503 g/mol. The van der Waals surface area contributed by atoms with E-state index in [1.165, 1.54) is 0 Å². The van der Waals surface area contributed by atoms with Crippen molar-refractivity contribution in [3.63, 3.8) is 0 Å². The molecule has 0 bridgehead atoms. The van der Waals surface area contributed by atoms with Crippen LogP contribution >= 0.6 is 35.6 Å². The second-order valence-corrected chi connectivity index (χ2v) is 8.24. The molecule has 4 aromatic rings. The number of carbonyl (C=O) groups is 1. The number of aromatic carboxylic acids is 1. The third-order valence-electron chi connectivity index (χ3n) is 5.23. The van der Waals surface area contributed by atoms with E-state index in [9.17, 15) is 4.79 Å². The van der Waals surface area contributed by atoms with Crippen LogP contribution < -0.4 is 10.1 Å². The molecule has 0 heterocycles. The fourth-order valence-corrected chi connectivity index (χ4v) is 3.99. The summed E-state index contributed by atoms with van der Waals surface area (Å²) in [6.07, 6.45) is 0. The largest absolute Gasteiger partial charge is 0.488 e. The first kappa shape index (κ1) is 24.9. The Morgan fingerprint density at radius 1 is 0.909 bits per heavy atom. The SMILES string of the molecule is Cl.O=C(O)c1ccc(CNCc2c(OCc3ccc(Cl)cc3Cl)ccc3ccccc23)cc1. The molecule has 0 aliphatic carbocycles. The van der Waals surface area contributed by atoms with E-state index in [0.717, 1.165) is 33.2 Å². The normalized spacial score (nSPS) is 10.6. The Morgan fingerprint density at radius 3 is 2.39 bits per heavy atom. The van der Waals surface area contributed by atoms with Crippen LogP contribution in [0.5, 0.6) is 5.75 Å². The number of hydrogen-bond acceptors (Lipinski definition) is 3. The number of benzene rings is 4. The smallest absolute Gasteiger partial charge is 0.335 e. The van der Waals surface area contributed by atoms with Crippen molar-refractivity contribution in [2.45, 2.75) is 19.7 Å². The van der Waals surface area contributed by atoms with Crippen molar-refractivity contribution in [1.29, 1.82) is 0 Å². The van der Waals surface area contributed by atoms with E-state index in [1.807, 2.05) is 42.5 Å². The van der Waals surface area contributed by atoms with Gasteiger partial charge in [0.1, 0.15) is 12.4 Å². The van der Waals surface area contributed by atoms with Gasteiger partial charge in [-0.15, -0.1) is 12.4 Å². The molecule has 4 aromatic carbocycles. The van der Waals surface area contributed by atoms with Crippen molar-refractivity contribution in [3.8, 4) is 5.75 Å². The third-order valence-corrected chi connectivity index (χ3v) is 5.81. The lowest BCUT2D eigenvalue weighted by molar-refractivity contribution is 0.0697. The Bertz CT molecular complexity index is 1260. The molecule has 0 radical (unpaired) electrons. The minimum atomic E-state index is -0.928. The Balaban J connectivity index is 0.00000306. The van der Waals surface area contributed by atoms with Crippen molar-refractivity contribution < 1.29 is 14.6 Å². The lowest BCUT2D eigenvalue weighted by atomic mass is 10.0. The summed E-state index contributed by atoms with van der Waals surface area (Å²) in [5, 5.41) is 15.9. The van der Waals surface area contributed by atoms with Crippen LogP contribution in [0.25, 0.3) is 10.8 Å². The van der Waals surface area contributed by atoms with Gasteiger partial charge in [0.25, 0.3) is 0 Å². The van der Waals surface area contributed by atoms with Gasteiger partial charge in [-0.3, -0.25) is 0 Å². The summed E-state index contributed by atoms with van der Waals surface area (Å²) >= 11 is 12.3. The summed E-state index contributed by atoms with van der Waals surface area (Å²) in [5.41, 5.74) is 3.20. The summed E-state index contributed by atoms with van der Waals surface area (Å²) in [6.45, 7) is 1.52. The fraction of sp³-hybridized carbons (Fsp3) is 0.115. The summed E-state index contributed by atoms with van der Waals surface area (Å²) in [4.78, 5) is 11.0. The van der Waals surface area contributed by atoms with Gasteiger partial charge in [-0.05, 0) is 46.7 Å². The van der Waals surface area contributed by atoms with Crippen molar-refractivity contribution in [2.24, 2.45) is 0 Å². The third kappa shape index (κ3) is 6.18. The number of rotatable bonds is 8. The molecule has 4 nitrogen and oxygen atoms in total. The van der Waals surface area contributed by atoms with Gasteiger partial charge in [0.05, 0.1) is 5.56 Å². The average Bonchev–Trinajstić information content (AvgIpc) is 2.79. The molecular weight excluding hydrogens is 481 g/mol. The highest BCUT2D eigenvalue weighted by atomic mass is 35.5. The van der Waals surface area contributed by atoms with Gasteiger partial charge in [0.2, 0.25) is 0 Å². The van der Waals surface area contributed by atoms with Crippen LogP contribution in [-0.4, -0.2) is 11.1 Å². The van der Waals surface area contributed by atoms with Crippen molar-refractivity contribution in [3.05, 3.63) is 111 Å². The number of fused-ring (bicyclic) bond motifs is 1. The Hall–Kier alpha value is -2.76. The Morgan fingerprint density at radius 2 is 1.67 bits per heavy atom. The van der Waals surface area contributed by atoms with E-state index in [-0.39, 0.29) is 18.0 Å². The Kier molecular flexibility index (Phi) is 8.59. The van der Waals surface area contributed by atoms with Crippen LogP contribution in [-0.2, 0) is 19.7 Å². The molecule has 0 aromatic heterocycles. The highest BCUT2D eigenvalue weighted by Crippen LogP contribution is 2.30. The minimum absolute atomic E-state index is 0. The number of nitrogens with one attached hydrogen (secondary N) is 1. The van der Waals surface area contributed by atoms with Gasteiger partial charge < -0.3 is 15.2 Å². The molecular formula is C26H22Cl3NO3. The number of carboxylic acid groups (broad SMARTS) is 1. The van der Waals surface area contributed by atoms with Gasteiger partial charge in [0.15, 0.2) is 0 Å². The van der Waals surface area contributed by atoms with Crippen molar-refractivity contribution in [1.82, 2.24) is 5.32 Å². The summed E-state index contributed by atoms with van der Waals surface area (Å²) in [5.74, 6) is -0.147. The Labute approximate surface area is 208 Å². The molecule has 33 heavy (non-hydrogen) atoms. The van der Waals surface area contributed by atoms with Gasteiger partial charge in [-0.25, -0.2) is 4.79 Å². The van der Waals surface area contributed by atoms with E-state index < -0.39 is 5.97 Å². The van der Waals surface area contributed by atoms with E-state index >= 15 is 0 Å². The fourth-order valence-electron chi connectivity index (χ4n) is 3.52. The number of ether oxygens (including phenoxy) is 1. The van der Waals surface area contributed by atoms with Crippen LogP contribution in [0.15, 0.2) is 78.9 Å². The van der Waals surface area contributed by atoms with Crippen LogP contribution in [0.1, 0.15) is 27.0 Å². The number of halogens is 3. The zero-order valence-electron chi connectivity index (χ0n) is 17.6. The van der Waals surface area contributed by atoms with Crippen LogP contribution in [0.4, 0.5) is 0 Å². The molecule has 0 unspecified atom stereocenters. The number of carboxylic acids is 1. The van der Waals surface area contributed by atoms with Gasteiger partial charge in [-0.1, -0.05) is 71.7 Å². The first-order valence-electron chi connectivity index (χ1n) is 10.1. The first-order chi connectivity index (χ1) is 15.5. The molecule has 0 amide bonds. The summed E-state index contributed by atoms with van der Waals surface area (Å²) in [6, 6.07) is 24.4. The summed E-state index contributed by atoms with van der Waals surface area (Å²) in [7, 11) is 0. The van der Waals surface area contributed by atoms with Crippen molar-refractivity contribution >= 4 is 52.4 Å². The molecule has 2 N–H and O–H groups in total. The predicted molar refractivity (Wildman–Crippen MR) is 136 cm³/mol. The van der Waals surface area contributed by atoms with E-state index in [2.05, 4.69) is 17.4 Å². The summed E-state index contributed by atoms with van der Waals surface area (Å²) < 4.78 is 6.16. The van der Waals surface area contributed by atoms with Crippen LogP contribution in [0.3, 0.4) is 0 Å². The molecule has 0 saturated heterocycles. The number of hydrogen-bond donors (Lipinski definition) is 2. The van der Waals surface area contributed by atoms with E-state index in [1.54, 1.807) is 24.3 Å². The molecule has 0 spiro atoms. The van der Waals surface area contributed by atoms with Gasteiger partial charge >= 0.3 is 5.97 Å². The molecule has 0 aliphatic rings. The van der Waals surface area contributed by atoms with Crippen LogP contribution in [0, 0.1) is 0 Å². The van der Waals surface area contributed by atoms with Gasteiger partial charge in [0, 0.05) is 34.3 Å². The highest BCUT2D eigenvalue weighted by molar-refractivity contribution is 6.35.